The van der Waals surface area contributed by atoms with Crippen LogP contribution < -0.4 is 10.1 Å². The third-order valence-electron chi connectivity index (χ3n) is 6.64. The van der Waals surface area contributed by atoms with Gasteiger partial charge in [0.1, 0.15) is 17.4 Å². The number of carbonyl (C=O) groups excluding carboxylic acids is 1. The summed E-state index contributed by atoms with van der Waals surface area (Å²) in [4.78, 5) is 21.4. The van der Waals surface area contributed by atoms with Crippen LogP contribution in [0.15, 0.2) is 36.5 Å². The van der Waals surface area contributed by atoms with Crippen molar-refractivity contribution in [1.82, 2.24) is 20.2 Å². The number of nitrogens with one attached hydrogen (secondary N) is 2. The zero-order chi connectivity index (χ0) is 26.3. The molecule has 0 saturated heterocycles. The lowest BCUT2D eigenvalue weighted by Crippen LogP contribution is -2.18. The van der Waals surface area contributed by atoms with Gasteiger partial charge >= 0.3 is 0 Å². The number of benzene rings is 1. The van der Waals surface area contributed by atoms with Gasteiger partial charge in [0.2, 0.25) is 5.82 Å². The minimum Gasteiger partial charge on any atom is -0.494 e. The van der Waals surface area contributed by atoms with Crippen molar-refractivity contribution in [3.05, 3.63) is 53.2 Å². The number of pyridine rings is 1. The van der Waals surface area contributed by atoms with Gasteiger partial charge in [-0.25, -0.2) is 9.97 Å². The Morgan fingerprint density at radius 3 is 2.78 bits per heavy atom. The third-order valence-corrected chi connectivity index (χ3v) is 6.97. The first-order chi connectivity index (χ1) is 17.8. The highest BCUT2D eigenvalue weighted by Crippen LogP contribution is 2.32. The highest BCUT2D eigenvalue weighted by molar-refractivity contribution is 6.33. The molecule has 0 unspecified atom stereocenters. The van der Waals surface area contributed by atoms with Gasteiger partial charge in [0, 0.05) is 23.2 Å². The van der Waals surface area contributed by atoms with Crippen LogP contribution in [0.1, 0.15) is 81.7 Å². The second-order valence-electron chi connectivity index (χ2n) is 10.5. The number of aromatic amines is 1. The van der Waals surface area contributed by atoms with Gasteiger partial charge in [-0.1, -0.05) is 43.7 Å². The molecule has 1 fully saturated rings. The Hall–Kier alpha value is -2.97. The first kappa shape index (κ1) is 27.1. The highest BCUT2D eigenvalue weighted by atomic mass is 35.5. The molecule has 8 nitrogen and oxygen atoms in total. The molecule has 1 saturated carbocycles. The number of nitrogens with zero attached hydrogens (tertiary/aromatic N) is 3. The van der Waals surface area contributed by atoms with Gasteiger partial charge in [-0.15, -0.1) is 5.10 Å². The van der Waals surface area contributed by atoms with E-state index in [4.69, 9.17) is 16.3 Å². The molecule has 0 radical (unpaired) electrons. The number of unbranched alkanes of at least 4 members (excludes halogenated alkanes) is 1. The van der Waals surface area contributed by atoms with E-state index < -0.39 is 11.5 Å². The van der Waals surface area contributed by atoms with Gasteiger partial charge in [-0.2, -0.15) is 0 Å². The topological polar surface area (TPSA) is 113 Å². The van der Waals surface area contributed by atoms with E-state index in [1.54, 1.807) is 18.3 Å². The van der Waals surface area contributed by atoms with Crippen molar-refractivity contribution in [2.45, 2.75) is 77.2 Å². The summed E-state index contributed by atoms with van der Waals surface area (Å²) in [5, 5.41) is 20.2. The van der Waals surface area contributed by atoms with E-state index in [0.29, 0.717) is 29.1 Å². The number of ether oxygens (including phenoxy) is 1. The number of halogens is 1. The van der Waals surface area contributed by atoms with Gasteiger partial charge in [0.05, 0.1) is 12.2 Å². The van der Waals surface area contributed by atoms with E-state index in [1.807, 2.05) is 32.0 Å². The van der Waals surface area contributed by atoms with Crippen LogP contribution in [0, 0.1) is 5.92 Å². The molecular weight excluding hydrogens is 490 g/mol. The van der Waals surface area contributed by atoms with Crippen molar-refractivity contribution in [1.29, 1.82) is 0 Å². The highest BCUT2D eigenvalue weighted by Gasteiger charge is 2.19. The maximum absolute atomic E-state index is 12.8. The molecule has 198 valence electrons. The molecule has 2 heterocycles. The number of aromatic nitrogens is 4. The van der Waals surface area contributed by atoms with Crippen molar-refractivity contribution >= 4 is 23.3 Å². The maximum Gasteiger partial charge on any atom is 0.296 e. The molecule has 1 aliphatic carbocycles. The van der Waals surface area contributed by atoms with Crippen molar-refractivity contribution in [2.24, 2.45) is 5.92 Å². The SMILES string of the molecule is CC(C)(O)CCCCOc1ccc(Cl)c(-c2ccnc(NC(=O)c3n[nH]c(CC4CCCCC4)n3)c2)c1. The number of hydrogen-bond acceptors (Lipinski definition) is 6. The fourth-order valence-electron chi connectivity index (χ4n) is 4.66. The summed E-state index contributed by atoms with van der Waals surface area (Å²) in [5.74, 6) is 2.14. The number of rotatable bonds is 11. The molecule has 1 aromatic carbocycles. The van der Waals surface area contributed by atoms with Gasteiger partial charge in [-0.3, -0.25) is 9.89 Å². The van der Waals surface area contributed by atoms with Crippen LogP contribution in [-0.2, 0) is 6.42 Å². The molecular formula is C28H36ClN5O3. The van der Waals surface area contributed by atoms with Gasteiger partial charge < -0.3 is 15.2 Å². The van der Waals surface area contributed by atoms with Crippen LogP contribution in [0.5, 0.6) is 5.75 Å². The predicted molar refractivity (Wildman–Crippen MR) is 145 cm³/mol. The molecule has 2 aromatic heterocycles. The lowest BCUT2D eigenvalue weighted by atomic mass is 9.87. The largest absolute Gasteiger partial charge is 0.494 e. The number of anilines is 1. The molecule has 0 atom stereocenters. The summed E-state index contributed by atoms with van der Waals surface area (Å²) in [6.45, 7) is 4.17. The summed E-state index contributed by atoms with van der Waals surface area (Å²) in [7, 11) is 0. The standard InChI is InChI=1S/C28H36ClN5O3/c1-28(2,36)13-6-7-15-37-21-10-11-23(29)22(18-21)20-12-14-30-24(17-20)32-27(35)26-31-25(33-34-26)16-19-8-4-3-5-9-19/h10-12,14,17-19,36H,3-9,13,15-16H2,1-2H3,(H,30,32,35)(H,31,33,34). The van der Waals surface area contributed by atoms with Gasteiger partial charge in [0.15, 0.2) is 0 Å². The lowest BCUT2D eigenvalue weighted by molar-refractivity contribution is 0.0670. The van der Waals surface area contributed by atoms with E-state index in [2.05, 4.69) is 25.5 Å². The molecule has 3 aromatic rings. The summed E-state index contributed by atoms with van der Waals surface area (Å²) in [6, 6.07) is 9.11. The third kappa shape index (κ3) is 8.27. The smallest absolute Gasteiger partial charge is 0.296 e. The molecule has 0 bridgehead atoms. The second-order valence-corrected chi connectivity index (χ2v) is 10.9. The van der Waals surface area contributed by atoms with Crippen molar-refractivity contribution in [3.63, 3.8) is 0 Å². The quantitative estimate of drug-likeness (QED) is 0.256. The van der Waals surface area contributed by atoms with E-state index in [9.17, 15) is 9.90 Å². The Labute approximate surface area is 223 Å². The molecule has 1 aliphatic rings. The zero-order valence-electron chi connectivity index (χ0n) is 21.6. The molecule has 0 spiro atoms. The van der Waals surface area contributed by atoms with Crippen LogP contribution in [0.3, 0.4) is 0 Å². The number of hydrogen-bond donors (Lipinski definition) is 3. The van der Waals surface area contributed by atoms with E-state index in [0.717, 1.165) is 42.6 Å². The zero-order valence-corrected chi connectivity index (χ0v) is 22.4. The Morgan fingerprint density at radius 1 is 1.19 bits per heavy atom. The van der Waals surface area contributed by atoms with Crippen molar-refractivity contribution in [2.75, 3.05) is 11.9 Å². The van der Waals surface area contributed by atoms with E-state index in [-0.39, 0.29) is 5.82 Å². The molecule has 1 amide bonds. The second kappa shape index (κ2) is 12.5. The predicted octanol–water partition coefficient (Wildman–Crippen LogP) is 6.22. The summed E-state index contributed by atoms with van der Waals surface area (Å²) in [5.41, 5.74) is 0.920. The first-order valence-electron chi connectivity index (χ1n) is 13.1. The Balaban J connectivity index is 1.36. The molecule has 0 aliphatic heterocycles. The molecule has 9 heteroatoms. The average Bonchev–Trinajstić information content (AvgIpc) is 3.33. The monoisotopic (exact) mass is 525 g/mol. The molecule has 37 heavy (non-hydrogen) atoms. The summed E-state index contributed by atoms with van der Waals surface area (Å²) < 4.78 is 5.90. The Bertz CT molecular complexity index is 1180. The number of amides is 1. The maximum atomic E-state index is 12.8. The molecule has 4 rings (SSSR count). The Kier molecular flexibility index (Phi) is 9.16. The van der Waals surface area contributed by atoms with Crippen LogP contribution >= 0.6 is 11.6 Å². The summed E-state index contributed by atoms with van der Waals surface area (Å²) in [6.07, 6.45) is 11.1. The number of H-pyrrole nitrogens is 1. The van der Waals surface area contributed by atoms with Crippen LogP contribution in [0.4, 0.5) is 5.82 Å². The first-order valence-corrected chi connectivity index (χ1v) is 13.5. The van der Waals surface area contributed by atoms with Crippen molar-refractivity contribution < 1.29 is 14.6 Å². The van der Waals surface area contributed by atoms with Gasteiger partial charge in [0.25, 0.3) is 5.91 Å². The van der Waals surface area contributed by atoms with E-state index >= 15 is 0 Å². The average molecular weight is 526 g/mol. The lowest BCUT2D eigenvalue weighted by Gasteiger charge is -2.19. The Morgan fingerprint density at radius 2 is 2.00 bits per heavy atom. The van der Waals surface area contributed by atoms with Crippen LogP contribution in [0.25, 0.3) is 11.1 Å². The number of aliphatic hydroxyl groups is 1. The fraction of sp³-hybridized carbons (Fsp3) is 0.500. The fourth-order valence-corrected chi connectivity index (χ4v) is 4.88. The minimum absolute atomic E-state index is 0.107. The molecule has 3 N–H and O–H groups in total. The normalized spacial score (nSPS) is 14.5. The van der Waals surface area contributed by atoms with Crippen LogP contribution in [0.2, 0.25) is 5.02 Å². The van der Waals surface area contributed by atoms with Crippen molar-refractivity contribution in [3.8, 4) is 16.9 Å². The van der Waals surface area contributed by atoms with Crippen LogP contribution in [-0.4, -0.2) is 43.4 Å². The summed E-state index contributed by atoms with van der Waals surface area (Å²) >= 11 is 6.49. The van der Waals surface area contributed by atoms with E-state index in [1.165, 1.54) is 32.1 Å². The number of carbonyl (C=O) groups is 1. The van der Waals surface area contributed by atoms with Gasteiger partial charge in [-0.05, 0) is 74.9 Å². The minimum atomic E-state index is -0.660.